The summed E-state index contributed by atoms with van der Waals surface area (Å²) in [4.78, 5) is 9.90. The van der Waals surface area contributed by atoms with Crippen molar-refractivity contribution in [1.29, 1.82) is 0 Å². The van der Waals surface area contributed by atoms with E-state index < -0.39 is 16.4 Å². The van der Waals surface area contributed by atoms with Gasteiger partial charge < -0.3 is 9.73 Å². The van der Waals surface area contributed by atoms with Gasteiger partial charge in [0.25, 0.3) is 0 Å². The summed E-state index contributed by atoms with van der Waals surface area (Å²) >= 11 is 0. The smallest absolute Gasteiger partial charge is 0.306 e. The number of nitro groups is 1. The van der Waals surface area contributed by atoms with Gasteiger partial charge >= 0.3 is 5.69 Å². The highest BCUT2D eigenvalue weighted by Gasteiger charge is 2.16. The van der Waals surface area contributed by atoms with E-state index in [-0.39, 0.29) is 6.04 Å². The van der Waals surface area contributed by atoms with E-state index in [1.807, 2.05) is 26.0 Å². The fraction of sp³-hybridized carbons (Fsp3) is 0.231. The average molecular weight is 264 g/mol. The molecule has 0 amide bonds. The molecule has 0 aliphatic rings. The van der Waals surface area contributed by atoms with Crippen molar-refractivity contribution in [3.05, 3.63) is 57.8 Å². The fourth-order valence-corrected chi connectivity index (χ4v) is 1.75. The first-order valence-electron chi connectivity index (χ1n) is 5.74. The second-order valence-electron chi connectivity index (χ2n) is 4.24. The molecule has 1 aromatic carbocycles. The van der Waals surface area contributed by atoms with Crippen molar-refractivity contribution in [2.45, 2.75) is 19.9 Å². The van der Waals surface area contributed by atoms with Crippen molar-refractivity contribution >= 4 is 11.4 Å². The molecule has 1 heterocycles. The summed E-state index contributed by atoms with van der Waals surface area (Å²) in [5.74, 6) is 0.648. The summed E-state index contributed by atoms with van der Waals surface area (Å²) in [5, 5.41) is 13.7. The van der Waals surface area contributed by atoms with Crippen molar-refractivity contribution in [2.24, 2.45) is 0 Å². The van der Waals surface area contributed by atoms with Gasteiger partial charge in [-0.25, -0.2) is 0 Å². The zero-order valence-corrected chi connectivity index (χ0v) is 10.5. The van der Waals surface area contributed by atoms with Crippen LogP contribution in [0.1, 0.15) is 24.5 Å². The van der Waals surface area contributed by atoms with E-state index in [1.165, 1.54) is 12.1 Å². The summed E-state index contributed by atoms with van der Waals surface area (Å²) in [5.41, 5.74) is -0.0810. The third-order valence-electron chi connectivity index (χ3n) is 2.71. The third kappa shape index (κ3) is 2.90. The van der Waals surface area contributed by atoms with Crippen molar-refractivity contribution < 1.29 is 13.7 Å². The number of nitrogens with one attached hydrogen (secondary N) is 1. The van der Waals surface area contributed by atoms with Crippen LogP contribution in [-0.4, -0.2) is 4.92 Å². The standard InChI is InChI=1S/C13H13FN2O3/c1-8-3-6-13(19-8)9(2)15-10-4-5-11(14)12(7-10)16(17)18/h3-7,9,15H,1-2H3. The van der Waals surface area contributed by atoms with Gasteiger partial charge in [-0.3, -0.25) is 10.1 Å². The lowest BCUT2D eigenvalue weighted by Crippen LogP contribution is -2.06. The number of anilines is 1. The van der Waals surface area contributed by atoms with Crippen LogP contribution in [0.4, 0.5) is 15.8 Å². The minimum atomic E-state index is -0.850. The summed E-state index contributed by atoms with van der Waals surface area (Å²) < 4.78 is 18.6. The van der Waals surface area contributed by atoms with E-state index in [1.54, 1.807) is 0 Å². The second-order valence-corrected chi connectivity index (χ2v) is 4.24. The molecule has 0 spiro atoms. The lowest BCUT2D eigenvalue weighted by molar-refractivity contribution is -0.387. The molecule has 100 valence electrons. The molecule has 0 fully saturated rings. The molecule has 1 N–H and O–H groups in total. The summed E-state index contributed by atoms with van der Waals surface area (Å²) in [7, 11) is 0. The van der Waals surface area contributed by atoms with E-state index in [2.05, 4.69) is 5.32 Å². The third-order valence-corrected chi connectivity index (χ3v) is 2.71. The molecular formula is C13H13FN2O3. The molecule has 0 aliphatic carbocycles. The monoisotopic (exact) mass is 264 g/mol. The lowest BCUT2D eigenvalue weighted by atomic mass is 10.2. The Morgan fingerprint density at radius 3 is 2.68 bits per heavy atom. The number of benzene rings is 1. The van der Waals surface area contributed by atoms with Crippen LogP contribution < -0.4 is 5.32 Å². The number of nitrogens with zero attached hydrogens (tertiary/aromatic N) is 1. The van der Waals surface area contributed by atoms with Gasteiger partial charge in [-0.15, -0.1) is 0 Å². The fourth-order valence-electron chi connectivity index (χ4n) is 1.75. The first-order chi connectivity index (χ1) is 8.97. The zero-order valence-electron chi connectivity index (χ0n) is 10.5. The molecule has 6 heteroatoms. The van der Waals surface area contributed by atoms with Crippen molar-refractivity contribution in [3.63, 3.8) is 0 Å². The number of rotatable bonds is 4. The minimum absolute atomic E-state index is 0.168. The number of hydrogen-bond donors (Lipinski definition) is 1. The summed E-state index contributed by atoms with van der Waals surface area (Å²) in [6, 6.07) is 7.18. The maximum absolute atomic E-state index is 13.2. The van der Waals surface area contributed by atoms with E-state index in [0.29, 0.717) is 11.4 Å². The van der Waals surface area contributed by atoms with E-state index in [9.17, 15) is 14.5 Å². The summed E-state index contributed by atoms with van der Waals surface area (Å²) in [6.45, 7) is 3.69. The molecule has 2 aromatic rings. The Morgan fingerprint density at radius 1 is 1.37 bits per heavy atom. The van der Waals surface area contributed by atoms with Gasteiger partial charge in [0.15, 0.2) is 0 Å². The largest absolute Gasteiger partial charge is 0.464 e. The molecule has 0 saturated heterocycles. The molecule has 1 aromatic heterocycles. The van der Waals surface area contributed by atoms with Crippen LogP contribution in [0.15, 0.2) is 34.7 Å². The highest BCUT2D eigenvalue weighted by atomic mass is 19.1. The number of hydrogen-bond acceptors (Lipinski definition) is 4. The van der Waals surface area contributed by atoms with E-state index >= 15 is 0 Å². The van der Waals surface area contributed by atoms with Crippen LogP contribution in [0.2, 0.25) is 0 Å². The van der Waals surface area contributed by atoms with Crippen LogP contribution >= 0.6 is 0 Å². The SMILES string of the molecule is Cc1ccc(C(C)Nc2ccc(F)c([N+](=O)[O-])c2)o1. The summed E-state index contributed by atoms with van der Waals surface area (Å²) in [6.07, 6.45) is 0. The Morgan fingerprint density at radius 2 is 2.11 bits per heavy atom. The Labute approximate surface area is 109 Å². The molecule has 0 saturated carbocycles. The molecule has 2 rings (SSSR count). The first kappa shape index (κ1) is 13.1. The number of halogens is 1. The van der Waals surface area contributed by atoms with Gasteiger partial charge in [-0.2, -0.15) is 4.39 Å². The number of aryl methyl sites for hydroxylation is 1. The zero-order chi connectivity index (χ0) is 14.0. The van der Waals surface area contributed by atoms with Crippen LogP contribution in [0.3, 0.4) is 0 Å². The average Bonchev–Trinajstić information content (AvgIpc) is 2.78. The van der Waals surface area contributed by atoms with E-state index in [0.717, 1.165) is 11.8 Å². The molecule has 0 radical (unpaired) electrons. The van der Waals surface area contributed by atoms with Crippen LogP contribution in [0.25, 0.3) is 0 Å². The lowest BCUT2D eigenvalue weighted by Gasteiger charge is -2.12. The quantitative estimate of drug-likeness (QED) is 0.673. The van der Waals surface area contributed by atoms with Crippen LogP contribution in [0.5, 0.6) is 0 Å². The number of nitro benzene ring substituents is 1. The van der Waals surface area contributed by atoms with Gasteiger partial charge in [0.1, 0.15) is 11.5 Å². The number of furan rings is 1. The van der Waals surface area contributed by atoms with Crippen molar-refractivity contribution in [2.75, 3.05) is 5.32 Å². The molecular weight excluding hydrogens is 251 g/mol. The predicted octanol–water partition coefficient (Wildman–Crippen LogP) is 3.81. The highest BCUT2D eigenvalue weighted by molar-refractivity contribution is 5.52. The normalized spacial score (nSPS) is 12.2. The maximum atomic E-state index is 13.2. The van der Waals surface area contributed by atoms with Gasteiger partial charge in [0, 0.05) is 11.8 Å². The van der Waals surface area contributed by atoms with Gasteiger partial charge in [-0.1, -0.05) is 0 Å². The first-order valence-corrected chi connectivity index (χ1v) is 5.74. The van der Waals surface area contributed by atoms with Crippen molar-refractivity contribution in [3.8, 4) is 0 Å². The minimum Gasteiger partial charge on any atom is -0.464 e. The van der Waals surface area contributed by atoms with Crippen LogP contribution in [0, 0.1) is 22.9 Å². The Bertz CT molecular complexity index is 610. The Kier molecular flexibility index (Phi) is 3.50. The maximum Gasteiger partial charge on any atom is 0.306 e. The Balaban J connectivity index is 2.19. The molecule has 1 atom stereocenters. The van der Waals surface area contributed by atoms with Crippen molar-refractivity contribution in [1.82, 2.24) is 0 Å². The predicted molar refractivity (Wildman–Crippen MR) is 68.5 cm³/mol. The molecule has 19 heavy (non-hydrogen) atoms. The molecule has 5 nitrogen and oxygen atoms in total. The van der Waals surface area contributed by atoms with Gasteiger partial charge in [-0.05, 0) is 38.1 Å². The second kappa shape index (κ2) is 5.09. The molecule has 1 unspecified atom stereocenters. The Hall–Kier alpha value is -2.37. The van der Waals surface area contributed by atoms with Gasteiger partial charge in [0.05, 0.1) is 11.0 Å². The molecule has 0 bridgehead atoms. The van der Waals surface area contributed by atoms with Crippen LogP contribution in [-0.2, 0) is 0 Å². The van der Waals surface area contributed by atoms with Gasteiger partial charge in [0.2, 0.25) is 5.82 Å². The molecule has 0 aliphatic heterocycles. The van der Waals surface area contributed by atoms with E-state index in [4.69, 9.17) is 4.42 Å². The topological polar surface area (TPSA) is 68.3 Å². The highest BCUT2D eigenvalue weighted by Crippen LogP contribution is 2.25.